The first-order valence-electron chi connectivity index (χ1n) is 6.74. The molecule has 0 aromatic heterocycles. The lowest BCUT2D eigenvalue weighted by atomic mass is 9.90. The smallest absolute Gasteiger partial charge is 0.123 e. The van der Waals surface area contributed by atoms with Crippen molar-refractivity contribution in [2.75, 3.05) is 13.7 Å². The Bertz CT molecular complexity index is 462. The summed E-state index contributed by atoms with van der Waals surface area (Å²) in [6.45, 7) is 7.88. The number of halogens is 1. The van der Waals surface area contributed by atoms with E-state index in [0.29, 0.717) is 6.04 Å². The van der Waals surface area contributed by atoms with Crippen molar-refractivity contribution in [1.29, 1.82) is 0 Å². The molecule has 0 fully saturated rings. The first kappa shape index (κ1) is 15.2. The van der Waals surface area contributed by atoms with Gasteiger partial charge in [-0.3, -0.25) is 0 Å². The van der Waals surface area contributed by atoms with Gasteiger partial charge in [-0.15, -0.1) is 11.8 Å². The Morgan fingerprint density at radius 2 is 2.21 bits per heavy atom. The fourth-order valence-corrected chi connectivity index (χ4v) is 4.38. The molecule has 1 aliphatic rings. The van der Waals surface area contributed by atoms with E-state index in [1.54, 1.807) is 7.11 Å². The lowest BCUT2D eigenvalue weighted by Crippen LogP contribution is -2.40. The fraction of sp³-hybridized carbons (Fsp3) is 0.600. The molecule has 1 aromatic rings. The van der Waals surface area contributed by atoms with Gasteiger partial charge in [0.05, 0.1) is 7.11 Å². The average molecular weight is 344 g/mol. The number of rotatable bonds is 4. The van der Waals surface area contributed by atoms with E-state index in [9.17, 15) is 0 Å². The van der Waals surface area contributed by atoms with Crippen molar-refractivity contribution >= 4 is 27.7 Å². The maximum atomic E-state index is 5.53. The summed E-state index contributed by atoms with van der Waals surface area (Å²) < 4.78 is 6.90. The minimum atomic E-state index is 0.192. The molecule has 0 saturated carbocycles. The van der Waals surface area contributed by atoms with Crippen molar-refractivity contribution in [3.8, 4) is 5.75 Å². The highest BCUT2D eigenvalue weighted by Gasteiger charge is 2.38. The lowest BCUT2D eigenvalue weighted by Gasteiger charge is -2.41. The van der Waals surface area contributed by atoms with Gasteiger partial charge in [0, 0.05) is 26.6 Å². The lowest BCUT2D eigenvalue weighted by molar-refractivity contribution is 0.400. The van der Waals surface area contributed by atoms with E-state index in [4.69, 9.17) is 4.74 Å². The molecule has 0 amide bonds. The normalized spacial score (nSPS) is 21.0. The fourth-order valence-electron chi connectivity index (χ4n) is 2.59. The molecule has 106 valence electrons. The number of benzene rings is 1. The highest BCUT2D eigenvalue weighted by molar-refractivity contribution is 9.10. The molecule has 0 radical (unpaired) electrons. The summed E-state index contributed by atoms with van der Waals surface area (Å²) in [5, 5.41) is 3.70. The van der Waals surface area contributed by atoms with E-state index in [-0.39, 0.29) is 4.75 Å². The molecule has 1 N–H and O–H groups in total. The van der Waals surface area contributed by atoms with E-state index in [1.165, 1.54) is 15.6 Å². The van der Waals surface area contributed by atoms with E-state index < -0.39 is 0 Å². The molecular formula is C15H22BrNOS. The van der Waals surface area contributed by atoms with E-state index in [0.717, 1.165) is 24.5 Å². The minimum absolute atomic E-state index is 0.192. The maximum absolute atomic E-state index is 5.53. The SMILES string of the molecule is CCCNC1c2c(Br)ccc(OC)c2CSC1(C)C. The van der Waals surface area contributed by atoms with Crippen LogP contribution in [0.25, 0.3) is 0 Å². The van der Waals surface area contributed by atoms with Crippen molar-refractivity contribution in [2.24, 2.45) is 0 Å². The topological polar surface area (TPSA) is 21.3 Å². The molecule has 2 rings (SSSR count). The van der Waals surface area contributed by atoms with Crippen molar-refractivity contribution in [2.45, 2.75) is 43.7 Å². The third-order valence-corrected chi connectivity index (χ3v) is 5.76. The van der Waals surface area contributed by atoms with E-state index >= 15 is 0 Å². The van der Waals surface area contributed by atoms with Crippen LogP contribution < -0.4 is 10.1 Å². The summed E-state index contributed by atoms with van der Waals surface area (Å²) in [6.07, 6.45) is 1.15. The second-order valence-electron chi connectivity index (χ2n) is 5.42. The Kier molecular flexibility index (Phi) is 4.85. The van der Waals surface area contributed by atoms with Crippen LogP contribution in [0.5, 0.6) is 5.75 Å². The molecule has 1 atom stereocenters. The van der Waals surface area contributed by atoms with Crippen LogP contribution >= 0.6 is 27.7 Å². The summed E-state index contributed by atoms with van der Waals surface area (Å²) in [4.78, 5) is 0. The van der Waals surface area contributed by atoms with Gasteiger partial charge < -0.3 is 10.1 Å². The van der Waals surface area contributed by atoms with Gasteiger partial charge in [0.15, 0.2) is 0 Å². The highest BCUT2D eigenvalue weighted by atomic mass is 79.9. The predicted molar refractivity (Wildman–Crippen MR) is 87.1 cm³/mol. The number of fused-ring (bicyclic) bond motifs is 1. The van der Waals surface area contributed by atoms with E-state index in [2.05, 4.69) is 54.2 Å². The van der Waals surface area contributed by atoms with Crippen LogP contribution in [-0.2, 0) is 5.75 Å². The second kappa shape index (κ2) is 6.06. The molecule has 19 heavy (non-hydrogen) atoms. The molecule has 1 aliphatic heterocycles. The number of ether oxygens (including phenoxy) is 1. The van der Waals surface area contributed by atoms with Gasteiger partial charge in [-0.2, -0.15) is 0 Å². The summed E-state index contributed by atoms with van der Waals surface area (Å²) in [6, 6.07) is 4.51. The van der Waals surface area contributed by atoms with Gasteiger partial charge in [0.2, 0.25) is 0 Å². The predicted octanol–water partition coefficient (Wildman–Crippen LogP) is 4.52. The van der Waals surface area contributed by atoms with Gasteiger partial charge in [-0.1, -0.05) is 22.9 Å². The third-order valence-electron chi connectivity index (χ3n) is 3.65. The highest BCUT2D eigenvalue weighted by Crippen LogP contribution is 2.50. The Hall–Kier alpha value is -0.190. The second-order valence-corrected chi connectivity index (χ2v) is 7.91. The summed E-state index contributed by atoms with van der Waals surface area (Å²) >= 11 is 5.72. The Morgan fingerprint density at radius 3 is 2.84 bits per heavy atom. The van der Waals surface area contributed by atoms with Crippen molar-refractivity contribution < 1.29 is 4.74 Å². The molecule has 2 nitrogen and oxygen atoms in total. The molecular weight excluding hydrogens is 322 g/mol. The zero-order valence-corrected chi connectivity index (χ0v) is 14.5. The molecule has 0 aliphatic carbocycles. The molecule has 0 spiro atoms. The quantitative estimate of drug-likeness (QED) is 0.867. The average Bonchev–Trinajstić information content (AvgIpc) is 2.38. The first-order valence-corrected chi connectivity index (χ1v) is 8.51. The Labute approximate surface area is 128 Å². The zero-order valence-electron chi connectivity index (χ0n) is 12.0. The number of methoxy groups -OCH3 is 1. The minimum Gasteiger partial charge on any atom is -0.496 e. The number of hydrogen-bond donors (Lipinski definition) is 1. The van der Waals surface area contributed by atoms with Crippen LogP contribution in [0, 0.1) is 0 Å². The van der Waals surface area contributed by atoms with Gasteiger partial charge in [-0.05, 0) is 44.5 Å². The Morgan fingerprint density at radius 1 is 1.47 bits per heavy atom. The van der Waals surface area contributed by atoms with Crippen LogP contribution in [0.15, 0.2) is 16.6 Å². The molecule has 1 aromatic carbocycles. The standard InChI is InChI=1S/C15H22BrNOS/c1-5-8-17-14-13-10(9-19-15(14,2)3)12(18-4)7-6-11(13)16/h6-7,14,17H,5,8-9H2,1-4H3. The van der Waals surface area contributed by atoms with Crippen LogP contribution in [0.3, 0.4) is 0 Å². The monoisotopic (exact) mass is 343 g/mol. The number of hydrogen-bond acceptors (Lipinski definition) is 3. The van der Waals surface area contributed by atoms with Gasteiger partial charge in [0.25, 0.3) is 0 Å². The van der Waals surface area contributed by atoms with Crippen molar-refractivity contribution in [3.05, 3.63) is 27.7 Å². The molecule has 0 bridgehead atoms. The van der Waals surface area contributed by atoms with Crippen LogP contribution in [0.2, 0.25) is 0 Å². The van der Waals surface area contributed by atoms with E-state index in [1.807, 2.05) is 11.8 Å². The number of nitrogens with one attached hydrogen (secondary N) is 1. The van der Waals surface area contributed by atoms with Gasteiger partial charge >= 0.3 is 0 Å². The Balaban J connectivity index is 2.48. The first-order chi connectivity index (χ1) is 9.01. The maximum Gasteiger partial charge on any atom is 0.123 e. The van der Waals surface area contributed by atoms with Gasteiger partial charge in [-0.25, -0.2) is 0 Å². The van der Waals surface area contributed by atoms with Crippen LogP contribution in [0.1, 0.15) is 44.4 Å². The molecule has 1 heterocycles. The molecule has 0 saturated heterocycles. The van der Waals surface area contributed by atoms with Crippen LogP contribution in [0.4, 0.5) is 0 Å². The van der Waals surface area contributed by atoms with Crippen molar-refractivity contribution in [1.82, 2.24) is 5.32 Å². The number of thioether (sulfide) groups is 1. The van der Waals surface area contributed by atoms with Gasteiger partial charge in [0.1, 0.15) is 5.75 Å². The molecule has 1 unspecified atom stereocenters. The summed E-state index contributed by atoms with van der Waals surface area (Å²) in [5.41, 5.74) is 2.70. The zero-order chi connectivity index (χ0) is 14.0. The summed E-state index contributed by atoms with van der Waals surface area (Å²) in [5.74, 6) is 2.01. The third kappa shape index (κ3) is 2.96. The summed E-state index contributed by atoms with van der Waals surface area (Å²) in [7, 11) is 1.75. The van der Waals surface area contributed by atoms with Crippen molar-refractivity contribution in [3.63, 3.8) is 0 Å². The largest absolute Gasteiger partial charge is 0.496 e. The van der Waals surface area contributed by atoms with Crippen LogP contribution in [-0.4, -0.2) is 18.4 Å². The molecule has 4 heteroatoms.